The van der Waals surface area contributed by atoms with Gasteiger partial charge in [0, 0.05) is 20.0 Å². The van der Waals surface area contributed by atoms with Crippen LogP contribution >= 0.6 is 0 Å². The number of carbonyl (C=O) groups excluding carboxylic acids is 1. The van der Waals surface area contributed by atoms with Crippen LogP contribution in [0.15, 0.2) is 29.3 Å². The molecule has 0 bridgehead atoms. The molecule has 1 aliphatic heterocycles. The van der Waals surface area contributed by atoms with E-state index in [1.165, 1.54) is 0 Å². The summed E-state index contributed by atoms with van der Waals surface area (Å²) in [5, 5.41) is 14.1. The molecule has 8 heteroatoms. The molecule has 0 radical (unpaired) electrons. The van der Waals surface area contributed by atoms with Crippen LogP contribution in [0.5, 0.6) is 0 Å². The van der Waals surface area contributed by atoms with Crippen LogP contribution in [0, 0.1) is 6.92 Å². The lowest BCUT2D eigenvalue weighted by Crippen LogP contribution is -2.47. The molecule has 0 fully saturated rings. The van der Waals surface area contributed by atoms with Gasteiger partial charge in [0.25, 0.3) is 5.91 Å². The maximum atomic E-state index is 12.6. The van der Waals surface area contributed by atoms with E-state index in [0.29, 0.717) is 25.2 Å². The fourth-order valence-electron chi connectivity index (χ4n) is 3.23. The number of rotatable bonds is 7. The molecule has 2 aromatic rings. The molecule has 28 heavy (non-hydrogen) atoms. The highest BCUT2D eigenvalue weighted by atomic mass is 16.3. The number of anilines is 1. The number of hydrogen-bond donors (Lipinski definition) is 3. The lowest BCUT2D eigenvalue weighted by molar-refractivity contribution is 0.0941. The first-order chi connectivity index (χ1) is 13.5. The van der Waals surface area contributed by atoms with Crippen molar-refractivity contribution in [1.29, 1.82) is 0 Å². The second kappa shape index (κ2) is 8.88. The van der Waals surface area contributed by atoms with E-state index in [0.717, 1.165) is 41.6 Å². The van der Waals surface area contributed by atoms with Crippen molar-refractivity contribution < 1.29 is 9.90 Å². The zero-order valence-corrected chi connectivity index (χ0v) is 16.7. The Bertz CT molecular complexity index is 856. The van der Waals surface area contributed by atoms with Crippen LogP contribution in [0.1, 0.15) is 40.9 Å². The number of carbonyl (C=O) groups is 1. The number of hydrogen-bond acceptors (Lipinski definition) is 6. The summed E-state index contributed by atoms with van der Waals surface area (Å²) < 4.78 is 1.84. The van der Waals surface area contributed by atoms with E-state index in [1.54, 1.807) is 0 Å². The number of hydrazine groups is 1. The van der Waals surface area contributed by atoms with Crippen molar-refractivity contribution in [3.8, 4) is 0 Å². The minimum absolute atomic E-state index is 0.0776. The predicted molar refractivity (Wildman–Crippen MR) is 109 cm³/mol. The van der Waals surface area contributed by atoms with Gasteiger partial charge in [0.2, 0.25) is 0 Å². The molecule has 0 atom stereocenters. The maximum absolute atomic E-state index is 12.6. The number of aryl methyl sites for hydroxylation is 2. The largest absolute Gasteiger partial charge is 0.396 e. The zero-order chi connectivity index (χ0) is 20.1. The summed E-state index contributed by atoms with van der Waals surface area (Å²) in [5.74, 6) is 1.53. The van der Waals surface area contributed by atoms with E-state index in [4.69, 9.17) is 5.11 Å². The molecule has 3 N–H and O–H groups in total. The molecule has 1 aromatic carbocycles. The fraction of sp³-hybridized carbons (Fsp3) is 0.450. The number of aromatic nitrogens is 2. The molecular weight excluding hydrogens is 356 g/mol. The SMILES string of the molecule is CCc1nc(C)n(C)c1C(=O)NCc1ccc(N2CCN=C(CCO)N2)cc1. The van der Waals surface area contributed by atoms with Gasteiger partial charge in [0.05, 0.1) is 31.1 Å². The Morgan fingerprint density at radius 3 is 2.75 bits per heavy atom. The molecule has 0 unspecified atom stereocenters. The van der Waals surface area contributed by atoms with Crippen molar-refractivity contribution in [3.05, 3.63) is 47.0 Å². The Morgan fingerprint density at radius 1 is 1.32 bits per heavy atom. The normalized spacial score (nSPS) is 13.9. The minimum atomic E-state index is -0.105. The van der Waals surface area contributed by atoms with Crippen molar-refractivity contribution in [2.75, 3.05) is 24.7 Å². The first kappa shape index (κ1) is 19.9. The summed E-state index contributed by atoms with van der Waals surface area (Å²) in [4.78, 5) is 21.4. The summed E-state index contributed by atoms with van der Waals surface area (Å²) >= 11 is 0. The molecule has 0 saturated carbocycles. The van der Waals surface area contributed by atoms with Gasteiger partial charge < -0.3 is 15.0 Å². The second-order valence-corrected chi connectivity index (χ2v) is 6.78. The third-order valence-electron chi connectivity index (χ3n) is 4.88. The van der Waals surface area contributed by atoms with Crippen molar-refractivity contribution >= 4 is 17.4 Å². The van der Waals surface area contributed by atoms with Gasteiger partial charge in [-0.2, -0.15) is 0 Å². The Balaban J connectivity index is 1.61. The van der Waals surface area contributed by atoms with E-state index in [1.807, 2.05) is 54.7 Å². The number of aliphatic hydroxyl groups excluding tert-OH is 1. The van der Waals surface area contributed by atoms with Gasteiger partial charge in [-0.15, -0.1) is 0 Å². The molecule has 0 saturated heterocycles. The number of benzene rings is 1. The molecule has 3 rings (SSSR count). The lowest BCUT2D eigenvalue weighted by atomic mass is 10.2. The van der Waals surface area contributed by atoms with Crippen LogP contribution in [0.2, 0.25) is 0 Å². The Kier molecular flexibility index (Phi) is 6.30. The van der Waals surface area contributed by atoms with Gasteiger partial charge in [-0.3, -0.25) is 20.2 Å². The fourth-order valence-corrected chi connectivity index (χ4v) is 3.23. The van der Waals surface area contributed by atoms with E-state index in [-0.39, 0.29) is 12.5 Å². The third kappa shape index (κ3) is 4.33. The molecule has 1 aromatic heterocycles. The molecule has 0 spiro atoms. The second-order valence-electron chi connectivity index (χ2n) is 6.78. The Labute approximate surface area is 165 Å². The maximum Gasteiger partial charge on any atom is 0.270 e. The van der Waals surface area contributed by atoms with Crippen molar-refractivity contribution in [2.45, 2.75) is 33.2 Å². The number of amides is 1. The van der Waals surface area contributed by atoms with E-state index < -0.39 is 0 Å². The monoisotopic (exact) mass is 384 g/mol. The van der Waals surface area contributed by atoms with Crippen molar-refractivity contribution in [1.82, 2.24) is 20.3 Å². The molecule has 2 heterocycles. The number of aliphatic imine (C=N–C) groups is 1. The number of amidine groups is 1. The van der Waals surface area contributed by atoms with Gasteiger partial charge >= 0.3 is 0 Å². The summed E-state index contributed by atoms with van der Waals surface area (Å²) in [6.07, 6.45) is 1.25. The highest BCUT2D eigenvalue weighted by Gasteiger charge is 2.18. The van der Waals surface area contributed by atoms with Crippen molar-refractivity contribution in [3.63, 3.8) is 0 Å². The topological polar surface area (TPSA) is 94.8 Å². The van der Waals surface area contributed by atoms with Gasteiger partial charge in [-0.25, -0.2) is 4.98 Å². The average molecular weight is 384 g/mol. The first-order valence-corrected chi connectivity index (χ1v) is 9.61. The van der Waals surface area contributed by atoms with Gasteiger partial charge in [0.1, 0.15) is 17.4 Å². The minimum Gasteiger partial charge on any atom is -0.396 e. The Morgan fingerprint density at radius 2 is 2.07 bits per heavy atom. The van der Waals surface area contributed by atoms with Crippen LogP contribution in [0.25, 0.3) is 0 Å². The van der Waals surface area contributed by atoms with Crippen LogP contribution in [0.3, 0.4) is 0 Å². The third-order valence-corrected chi connectivity index (χ3v) is 4.88. The van der Waals surface area contributed by atoms with E-state index >= 15 is 0 Å². The number of nitrogens with zero attached hydrogens (tertiary/aromatic N) is 4. The number of aliphatic hydroxyl groups is 1. The van der Waals surface area contributed by atoms with Crippen LogP contribution < -0.4 is 15.8 Å². The highest BCUT2D eigenvalue weighted by molar-refractivity contribution is 5.93. The number of imidazole rings is 1. The summed E-state index contributed by atoms with van der Waals surface area (Å²) in [6.45, 7) is 5.91. The molecule has 150 valence electrons. The van der Waals surface area contributed by atoms with Gasteiger partial charge in [-0.05, 0) is 31.0 Å². The van der Waals surface area contributed by atoms with Crippen LogP contribution in [0.4, 0.5) is 5.69 Å². The van der Waals surface area contributed by atoms with Crippen molar-refractivity contribution in [2.24, 2.45) is 12.0 Å². The lowest BCUT2D eigenvalue weighted by Gasteiger charge is -2.30. The summed E-state index contributed by atoms with van der Waals surface area (Å²) in [5.41, 5.74) is 6.73. The standard InChI is InChI=1S/C20H28N6O2/c1-4-17-19(25(3)14(2)23-17)20(28)22-13-15-5-7-16(8-6-15)26-11-10-21-18(24-26)9-12-27/h5-8,27H,4,9-13H2,1-3H3,(H,21,24)(H,22,28). The Hall–Kier alpha value is -2.87. The summed E-state index contributed by atoms with van der Waals surface area (Å²) in [6, 6.07) is 8.04. The van der Waals surface area contributed by atoms with Gasteiger partial charge in [-0.1, -0.05) is 19.1 Å². The van der Waals surface area contributed by atoms with Gasteiger partial charge in [0.15, 0.2) is 0 Å². The summed E-state index contributed by atoms with van der Waals surface area (Å²) in [7, 11) is 1.87. The van der Waals surface area contributed by atoms with E-state index in [2.05, 4.69) is 20.7 Å². The van der Waals surface area contributed by atoms with Crippen LogP contribution in [-0.4, -0.2) is 46.1 Å². The van der Waals surface area contributed by atoms with E-state index in [9.17, 15) is 4.79 Å². The molecule has 1 amide bonds. The smallest absolute Gasteiger partial charge is 0.270 e. The predicted octanol–water partition coefficient (Wildman–Crippen LogP) is 1.33. The number of nitrogens with one attached hydrogen (secondary N) is 2. The zero-order valence-electron chi connectivity index (χ0n) is 16.7. The molecule has 8 nitrogen and oxygen atoms in total. The highest BCUT2D eigenvalue weighted by Crippen LogP contribution is 2.16. The average Bonchev–Trinajstić information content (AvgIpc) is 3.01. The van der Waals surface area contributed by atoms with Crippen LogP contribution in [-0.2, 0) is 20.0 Å². The molecule has 1 aliphatic rings. The quantitative estimate of drug-likeness (QED) is 0.669. The first-order valence-electron chi connectivity index (χ1n) is 9.61. The molecular formula is C20H28N6O2. The molecule has 0 aliphatic carbocycles.